The number of unbranched alkanes of at least 4 members (excludes halogenated alkanes) is 1. The van der Waals surface area contributed by atoms with Crippen molar-refractivity contribution in [3.63, 3.8) is 0 Å². The Morgan fingerprint density at radius 1 is 1.15 bits per heavy atom. The molecule has 27 heavy (non-hydrogen) atoms. The zero-order valence-corrected chi connectivity index (χ0v) is 16.2. The predicted molar refractivity (Wildman–Crippen MR) is 106 cm³/mol. The molecule has 2 N–H and O–H groups in total. The number of benzene rings is 2. The highest BCUT2D eigenvalue weighted by molar-refractivity contribution is 7.90. The van der Waals surface area contributed by atoms with Crippen molar-refractivity contribution in [1.29, 1.82) is 0 Å². The van der Waals surface area contributed by atoms with Gasteiger partial charge in [-0.15, -0.1) is 0 Å². The summed E-state index contributed by atoms with van der Waals surface area (Å²) in [5, 5.41) is 2.82. The Hall–Kier alpha value is -2.67. The van der Waals surface area contributed by atoms with Gasteiger partial charge in [0.25, 0.3) is 10.0 Å². The van der Waals surface area contributed by atoms with E-state index in [0.29, 0.717) is 11.3 Å². The minimum absolute atomic E-state index is 0.180. The Balaban J connectivity index is 1.70. The molecule has 3 rings (SSSR count). The number of amidine groups is 1. The SMILES string of the molecule is CCCCc1ccc(NC(=O)[C@H](C)N=C2NS(=O)(=O)c3ccccc32)cc1. The smallest absolute Gasteiger partial charge is 0.263 e. The molecule has 1 heterocycles. The molecule has 142 valence electrons. The molecule has 1 aliphatic heterocycles. The number of anilines is 1. The van der Waals surface area contributed by atoms with Gasteiger partial charge < -0.3 is 5.32 Å². The van der Waals surface area contributed by atoms with Gasteiger partial charge in [0.15, 0.2) is 0 Å². The summed E-state index contributed by atoms with van der Waals surface area (Å²) >= 11 is 0. The second-order valence-corrected chi connectivity index (χ2v) is 8.20. The average Bonchev–Trinajstić information content (AvgIpc) is 2.91. The lowest BCUT2D eigenvalue weighted by molar-refractivity contribution is -0.117. The molecular formula is C20H23N3O3S. The van der Waals surface area contributed by atoms with Gasteiger partial charge in [0.05, 0.1) is 4.90 Å². The Morgan fingerprint density at radius 2 is 1.85 bits per heavy atom. The molecule has 1 atom stereocenters. The van der Waals surface area contributed by atoms with E-state index in [2.05, 4.69) is 22.0 Å². The number of aryl methyl sites for hydroxylation is 1. The Bertz CT molecular complexity index is 966. The first-order chi connectivity index (χ1) is 12.9. The van der Waals surface area contributed by atoms with Crippen molar-refractivity contribution in [3.8, 4) is 0 Å². The third-order valence-electron chi connectivity index (χ3n) is 4.41. The summed E-state index contributed by atoms with van der Waals surface area (Å²) in [5.41, 5.74) is 2.41. The number of carbonyl (C=O) groups is 1. The van der Waals surface area contributed by atoms with Crippen molar-refractivity contribution in [2.75, 3.05) is 5.32 Å². The Kier molecular flexibility index (Phi) is 5.60. The van der Waals surface area contributed by atoms with E-state index < -0.39 is 16.1 Å². The minimum atomic E-state index is -3.61. The molecule has 1 amide bonds. The van der Waals surface area contributed by atoms with Gasteiger partial charge in [-0.05, 0) is 49.6 Å². The van der Waals surface area contributed by atoms with Crippen LogP contribution in [-0.2, 0) is 21.2 Å². The quantitative estimate of drug-likeness (QED) is 0.801. The summed E-state index contributed by atoms with van der Waals surface area (Å²) in [5.74, 6) is -0.101. The molecule has 0 aliphatic carbocycles. The zero-order valence-electron chi connectivity index (χ0n) is 15.4. The summed E-state index contributed by atoms with van der Waals surface area (Å²) in [7, 11) is -3.61. The van der Waals surface area contributed by atoms with E-state index in [0.717, 1.165) is 19.3 Å². The minimum Gasteiger partial charge on any atom is -0.324 e. The van der Waals surface area contributed by atoms with Gasteiger partial charge in [0.1, 0.15) is 11.9 Å². The van der Waals surface area contributed by atoms with Crippen LogP contribution in [0.3, 0.4) is 0 Å². The second kappa shape index (κ2) is 7.92. The van der Waals surface area contributed by atoms with Crippen molar-refractivity contribution in [3.05, 3.63) is 59.7 Å². The zero-order chi connectivity index (χ0) is 19.4. The maximum Gasteiger partial charge on any atom is 0.263 e. The average molecular weight is 385 g/mol. The molecule has 0 saturated heterocycles. The number of nitrogens with one attached hydrogen (secondary N) is 2. The van der Waals surface area contributed by atoms with Crippen molar-refractivity contribution < 1.29 is 13.2 Å². The summed E-state index contributed by atoms with van der Waals surface area (Å²) in [6.07, 6.45) is 3.30. The monoisotopic (exact) mass is 385 g/mol. The van der Waals surface area contributed by atoms with Crippen LogP contribution in [-0.4, -0.2) is 26.2 Å². The maximum atomic E-state index is 12.4. The second-order valence-electron chi connectivity index (χ2n) is 6.55. The van der Waals surface area contributed by atoms with Crippen molar-refractivity contribution in [1.82, 2.24) is 4.72 Å². The van der Waals surface area contributed by atoms with E-state index in [1.807, 2.05) is 24.3 Å². The maximum absolute atomic E-state index is 12.4. The highest BCUT2D eigenvalue weighted by atomic mass is 32.2. The first kappa shape index (κ1) is 19.1. The number of aliphatic imine (C=N–C) groups is 1. The molecule has 0 aromatic heterocycles. The van der Waals surface area contributed by atoms with E-state index >= 15 is 0 Å². The van der Waals surface area contributed by atoms with Crippen LogP contribution >= 0.6 is 0 Å². The Labute approximate surface area is 159 Å². The van der Waals surface area contributed by atoms with Gasteiger partial charge >= 0.3 is 0 Å². The fourth-order valence-electron chi connectivity index (χ4n) is 2.86. The van der Waals surface area contributed by atoms with Gasteiger partial charge in [0, 0.05) is 11.3 Å². The van der Waals surface area contributed by atoms with Crippen LogP contribution < -0.4 is 10.0 Å². The third kappa shape index (κ3) is 4.36. The van der Waals surface area contributed by atoms with E-state index in [1.165, 1.54) is 11.6 Å². The fraction of sp³-hybridized carbons (Fsp3) is 0.300. The molecule has 0 unspecified atom stereocenters. The summed E-state index contributed by atoms with van der Waals surface area (Å²) in [4.78, 5) is 16.9. The molecule has 2 aromatic carbocycles. The first-order valence-corrected chi connectivity index (χ1v) is 10.5. The van der Waals surface area contributed by atoms with Gasteiger partial charge in [-0.3, -0.25) is 14.5 Å². The fourth-order valence-corrected chi connectivity index (χ4v) is 4.10. The summed E-state index contributed by atoms with van der Waals surface area (Å²) < 4.78 is 26.7. The van der Waals surface area contributed by atoms with Crippen molar-refractivity contribution in [2.24, 2.45) is 4.99 Å². The normalized spacial score (nSPS) is 17.2. The van der Waals surface area contributed by atoms with Gasteiger partial charge in [0.2, 0.25) is 5.91 Å². The molecule has 0 radical (unpaired) electrons. The number of fused-ring (bicyclic) bond motifs is 1. The van der Waals surface area contributed by atoms with E-state index in [9.17, 15) is 13.2 Å². The van der Waals surface area contributed by atoms with Crippen LogP contribution in [0.5, 0.6) is 0 Å². The van der Waals surface area contributed by atoms with Gasteiger partial charge in [-0.2, -0.15) is 0 Å². The van der Waals surface area contributed by atoms with Crippen molar-refractivity contribution in [2.45, 2.75) is 44.0 Å². The highest BCUT2D eigenvalue weighted by Crippen LogP contribution is 2.22. The standard InChI is InChI=1S/C20H23N3O3S/c1-3-4-7-15-10-12-16(13-11-15)22-20(24)14(2)21-19-17-8-5-6-9-18(17)27(25,26)23-19/h5-6,8-14H,3-4,7H2,1-2H3,(H,21,23)(H,22,24)/t14-/m0/s1. The molecule has 2 aromatic rings. The van der Waals surface area contributed by atoms with Crippen LogP contribution in [0.1, 0.15) is 37.8 Å². The molecule has 0 spiro atoms. The first-order valence-electron chi connectivity index (χ1n) is 9.00. The van der Waals surface area contributed by atoms with Gasteiger partial charge in [-0.25, -0.2) is 8.42 Å². The van der Waals surface area contributed by atoms with Crippen LogP contribution in [0.4, 0.5) is 5.69 Å². The van der Waals surface area contributed by atoms with E-state index in [4.69, 9.17) is 0 Å². The summed E-state index contributed by atoms with van der Waals surface area (Å²) in [6.45, 7) is 3.79. The molecule has 0 saturated carbocycles. The van der Waals surface area contributed by atoms with Crippen LogP contribution in [0.2, 0.25) is 0 Å². The lowest BCUT2D eigenvalue weighted by Crippen LogP contribution is -2.28. The number of carbonyl (C=O) groups excluding carboxylic acids is 1. The molecule has 0 bridgehead atoms. The number of hydrogen-bond donors (Lipinski definition) is 2. The number of nitrogens with zero attached hydrogens (tertiary/aromatic N) is 1. The van der Waals surface area contributed by atoms with E-state index in [-0.39, 0.29) is 16.6 Å². The molecule has 1 aliphatic rings. The molecular weight excluding hydrogens is 362 g/mol. The molecule has 6 nitrogen and oxygen atoms in total. The number of hydrogen-bond acceptors (Lipinski definition) is 4. The number of rotatable bonds is 6. The lowest BCUT2D eigenvalue weighted by Gasteiger charge is -2.10. The number of sulfonamides is 1. The summed E-state index contributed by atoms with van der Waals surface area (Å²) in [6, 6.07) is 13.6. The predicted octanol–water partition coefficient (Wildman–Crippen LogP) is 3.09. The molecule has 0 fully saturated rings. The highest BCUT2D eigenvalue weighted by Gasteiger charge is 2.31. The number of amides is 1. The largest absolute Gasteiger partial charge is 0.324 e. The van der Waals surface area contributed by atoms with Crippen LogP contribution in [0.25, 0.3) is 0 Å². The van der Waals surface area contributed by atoms with Gasteiger partial charge in [-0.1, -0.05) is 37.6 Å². The topological polar surface area (TPSA) is 87.6 Å². The van der Waals surface area contributed by atoms with E-state index in [1.54, 1.807) is 25.1 Å². The van der Waals surface area contributed by atoms with Crippen molar-refractivity contribution >= 4 is 27.5 Å². The molecule has 7 heteroatoms. The Morgan fingerprint density at radius 3 is 2.56 bits per heavy atom. The van der Waals surface area contributed by atoms with Crippen LogP contribution in [0.15, 0.2) is 58.4 Å². The van der Waals surface area contributed by atoms with Crippen LogP contribution in [0, 0.1) is 0 Å². The lowest BCUT2D eigenvalue weighted by atomic mass is 10.1. The third-order valence-corrected chi connectivity index (χ3v) is 5.80.